The predicted molar refractivity (Wildman–Crippen MR) is 92.7 cm³/mol. The van der Waals surface area contributed by atoms with E-state index in [4.69, 9.17) is 0 Å². The molecule has 1 aliphatic rings. The minimum absolute atomic E-state index is 0. The van der Waals surface area contributed by atoms with Gasteiger partial charge in [-0.3, -0.25) is 4.99 Å². The van der Waals surface area contributed by atoms with Crippen molar-refractivity contribution in [3.63, 3.8) is 0 Å². The third kappa shape index (κ3) is 6.07. The molecule has 0 bridgehead atoms. The number of aryl methyl sites for hydroxylation is 1. The van der Waals surface area contributed by atoms with E-state index in [0.717, 1.165) is 31.9 Å². The molecule has 2 N–H and O–H groups in total. The maximum atomic E-state index is 4.58. The van der Waals surface area contributed by atoms with Gasteiger partial charge in [-0.15, -0.1) is 35.3 Å². The van der Waals surface area contributed by atoms with Crippen molar-refractivity contribution in [1.29, 1.82) is 0 Å². The summed E-state index contributed by atoms with van der Waals surface area (Å²) in [5.74, 6) is 0.950. The molecule has 1 saturated carbocycles. The van der Waals surface area contributed by atoms with E-state index < -0.39 is 0 Å². The van der Waals surface area contributed by atoms with Gasteiger partial charge >= 0.3 is 0 Å². The van der Waals surface area contributed by atoms with Gasteiger partial charge < -0.3 is 10.6 Å². The van der Waals surface area contributed by atoms with Crippen LogP contribution in [0, 0.1) is 0 Å². The first-order valence-corrected chi connectivity index (χ1v) is 7.68. The number of rotatable bonds is 6. The first-order chi connectivity index (χ1) is 8.81. The molecule has 0 radical (unpaired) electrons. The van der Waals surface area contributed by atoms with Crippen LogP contribution in [0.15, 0.2) is 10.4 Å². The highest BCUT2D eigenvalue weighted by atomic mass is 127. The molecule has 19 heavy (non-hydrogen) atoms. The summed E-state index contributed by atoms with van der Waals surface area (Å²) in [4.78, 5) is 9.14. The molecule has 108 valence electrons. The van der Waals surface area contributed by atoms with E-state index in [1.165, 1.54) is 23.5 Å². The molecule has 0 amide bonds. The lowest BCUT2D eigenvalue weighted by atomic mass is 10.3. The summed E-state index contributed by atoms with van der Waals surface area (Å²) in [7, 11) is 0. The Morgan fingerprint density at radius 2 is 2.26 bits per heavy atom. The van der Waals surface area contributed by atoms with Gasteiger partial charge in [-0.05, 0) is 26.2 Å². The van der Waals surface area contributed by atoms with Crippen molar-refractivity contribution >= 4 is 41.3 Å². The van der Waals surface area contributed by atoms with Crippen molar-refractivity contribution in [3.8, 4) is 0 Å². The monoisotopic (exact) mass is 394 g/mol. The van der Waals surface area contributed by atoms with Gasteiger partial charge in [0, 0.05) is 30.9 Å². The molecular weight excluding hydrogens is 371 g/mol. The van der Waals surface area contributed by atoms with E-state index in [-0.39, 0.29) is 24.0 Å². The Morgan fingerprint density at radius 3 is 2.84 bits per heavy atom. The highest BCUT2D eigenvalue weighted by Crippen LogP contribution is 2.18. The predicted octanol–water partition coefficient (Wildman–Crippen LogP) is 2.58. The van der Waals surface area contributed by atoms with E-state index in [0.29, 0.717) is 6.04 Å². The highest BCUT2D eigenvalue weighted by Gasteiger charge is 2.21. The van der Waals surface area contributed by atoms with Crippen molar-refractivity contribution in [2.45, 2.75) is 45.6 Å². The van der Waals surface area contributed by atoms with E-state index in [1.54, 1.807) is 11.3 Å². The molecule has 0 unspecified atom stereocenters. The van der Waals surface area contributed by atoms with Gasteiger partial charge in [0.25, 0.3) is 0 Å². The average molecular weight is 394 g/mol. The second kappa shape index (κ2) is 8.73. The lowest BCUT2D eigenvalue weighted by molar-refractivity contribution is 0.805. The summed E-state index contributed by atoms with van der Waals surface area (Å²) in [6, 6.07) is 0.647. The molecule has 1 aromatic rings. The van der Waals surface area contributed by atoms with Crippen LogP contribution in [0.2, 0.25) is 0 Å². The van der Waals surface area contributed by atoms with E-state index in [2.05, 4.69) is 39.8 Å². The van der Waals surface area contributed by atoms with Gasteiger partial charge in [-0.2, -0.15) is 0 Å². The zero-order chi connectivity index (χ0) is 12.8. The first kappa shape index (κ1) is 16.7. The van der Waals surface area contributed by atoms with Gasteiger partial charge in [-0.25, -0.2) is 4.98 Å². The minimum atomic E-state index is 0. The second-order valence-corrected chi connectivity index (χ2v) is 5.46. The molecule has 4 nitrogen and oxygen atoms in total. The fourth-order valence-electron chi connectivity index (χ4n) is 1.65. The van der Waals surface area contributed by atoms with Gasteiger partial charge in [0.2, 0.25) is 0 Å². The number of hydrogen-bond donors (Lipinski definition) is 2. The van der Waals surface area contributed by atoms with Crippen LogP contribution < -0.4 is 10.6 Å². The van der Waals surface area contributed by atoms with E-state index in [1.807, 2.05) is 0 Å². The topological polar surface area (TPSA) is 49.3 Å². The number of guanidine groups is 1. The fourth-order valence-corrected chi connectivity index (χ4v) is 2.43. The Bertz CT molecular complexity index is 401. The number of nitrogens with zero attached hydrogens (tertiary/aromatic N) is 2. The van der Waals surface area contributed by atoms with Crippen LogP contribution in [0.5, 0.6) is 0 Å². The Balaban J connectivity index is 0.00000180. The number of aromatic nitrogens is 1. The van der Waals surface area contributed by atoms with Crippen molar-refractivity contribution in [1.82, 2.24) is 15.6 Å². The van der Waals surface area contributed by atoms with Gasteiger partial charge in [0.1, 0.15) is 0 Å². The average Bonchev–Trinajstić information content (AvgIpc) is 3.06. The SMILES string of the molecule is CCNC(=NCCc1csc(CC)n1)NC1CC1.I. The van der Waals surface area contributed by atoms with E-state index in [9.17, 15) is 0 Å². The van der Waals surface area contributed by atoms with E-state index >= 15 is 0 Å². The fraction of sp³-hybridized carbons (Fsp3) is 0.692. The summed E-state index contributed by atoms with van der Waals surface area (Å²) >= 11 is 1.75. The van der Waals surface area contributed by atoms with Crippen LogP contribution >= 0.6 is 35.3 Å². The highest BCUT2D eigenvalue weighted by molar-refractivity contribution is 14.0. The standard InChI is InChI=1S/C13H22N4S.HI/c1-3-12-16-11(9-18-12)7-8-15-13(14-4-2)17-10-5-6-10;/h9-10H,3-8H2,1-2H3,(H2,14,15,17);1H. The number of thiazole rings is 1. The summed E-state index contributed by atoms with van der Waals surface area (Å²) < 4.78 is 0. The van der Waals surface area contributed by atoms with Crippen molar-refractivity contribution in [3.05, 3.63) is 16.1 Å². The summed E-state index contributed by atoms with van der Waals surface area (Å²) in [6.45, 7) is 5.95. The second-order valence-electron chi connectivity index (χ2n) is 4.52. The minimum Gasteiger partial charge on any atom is -0.357 e. The van der Waals surface area contributed by atoms with Crippen molar-refractivity contribution in [2.24, 2.45) is 4.99 Å². The summed E-state index contributed by atoms with van der Waals surface area (Å²) in [5.41, 5.74) is 1.17. The lowest BCUT2D eigenvalue weighted by Crippen LogP contribution is -2.38. The molecule has 6 heteroatoms. The third-order valence-corrected chi connectivity index (χ3v) is 3.84. The van der Waals surface area contributed by atoms with Crippen LogP contribution in [0.25, 0.3) is 0 Å². The smallest absolute Gasteiger partial charge is 0.191 e. The zero-order valence-corrected chi connectivity index (χ0v) is 14.8. The molecule has 0 spiro atoms. The molecule has 1 aliphatic carbocycles. The molecule has 0 atom stereocenters. The molecule has 0 aliphatic heterocycles. The molecule has 1 aromatic heterocycles. The van der Waals surface area contributed by atoms with Crippen LogP contribution in [0.3, 0.4) is 0 Å². The summed E-state index contributed by atoms with van der Waals surface area (Å²) in [6.07, 6.45) is 4.50. The van der Waals surface area contributed by atoms with Crippen molar-refractivity contribution < 1.29 is 0 Å². The number of aliphatic imine (C=N–C) groups is 1. The quantitative estimate of drug-likeness (QED) is 0.443. The third-order valence-electron chi connectivity index (χ3n) is 2.80. The van der Waals surface area contributed by atoms with Crippen LogP contribution in [-0.2, 0) is 12.8 Å². The Morgan fingerprint density at radius 1 is 1.47 bits per heavy atom. The molecule has 1 fully saturated rings. The molecular formula is C13H23IN4S. The maximum absolute atomic E-state index is 4.58. The first-order valence-electron chi connectivity index (χ1n) is 6.80. The largest absolute Gasteiger partial charge is 0.357 e. The van der Waals surface area contributed by atoms with Crippen LogP contribution in [-0.4, -0.2) is 30.1 Å². The van der Waals surface area contributed by atoms with Crippen LogP contribution in [0.4, 0.5) is 0 Å². The van der Waals surface area contributed by atoms with Gasteiger partial charge in [0.05, 0.1) is 10.7 Å². The summed E-state index contributed by atoms with van der Waals surface area (Å²) in [5, 5.41) is 10.1. The Hall–Kier alpha value is -0.370. The molecule has 2 rings (SSSR count). The van der Waals surface area contributed by atoms with Crippen LogP contribution in [0.1, 0.15) is 37.4 Å². The Labute approximate surface area is 136 Å². The number of nitrogens with one attached hydrogen (secondary N) is 2. The van der Waals surface area contributed by atoms with Gasteiger partial charge in [-0.1, -0.05) is 6.92 Å². The normalized spacial score (nSPS) is 14.9. The van der Waals surface area contributed by atoms with Gasteiger partial charge in [0.15, 0.2) is 5.96 Å². The van der Waals surface area contributed by atoms with Crippen molar-refractivity contribution in [2.75, 3.05) is 13.1 Å². The number of halogens is 1. The molecule has 0 saturated heterocycles. The lowest BCUT2D eigenvalue weighted by Gasteiger charge is -2.09. The number of hydrogen-bond acceptors (Lipinski definition) is 3. The maximum Gasteiger partial charge on any atom is 0.191 e. The molecule has 1 heterocycles. The molecule has 0 aromatic carbocycles. The zero-order valence-electron chi connectivity index (χ0n) is 11.6. The Kier molecular flexibility index (Phi) is 7.67.